The molecule has 0 radical (unpaired) electrons. The summed E-state index contributed by atoms with van der Waals surface area (Å²) in [5.74, 6) is -0.267. The maximum Gasteiger partial charge on any atom is 0.306 e. The Hall–Kier alpha value is -2.19. The molecule has 3 rings (SSSR count). The first kappa shape index (κ1) is 18.6. The number of pyridine rings is 1. The SMILES string of the molecule is CC[C@H](C)NC(=O)c1sc2ccc3nc(C)ccc3c2c1OS(C)(=O)=O. The van der Waals surface area contributed by atoms with Crippen LogP contribution in [-0.4, -0.2) is 31.6 Å². The maximum absolute atomic E-state index is 12.7. The van der Waals surface area contributed by atoms with Crippen LogP contribution in [0.3, 0.4) is 0 Å². The molecule has 138 valence electrons. The molecule has 1 aromatic carbocycles. The third-order valence-electron chi connectivity index (χ3n) is 4.05. The van der Waals surface area contributed by atoms with Gasteiger partial charge in [0.05, 0.1) is 11.8 Å². The van der Waals surface area contributed by atoms with Gasteiger partial charge in [0, 0.05) is 27.2 Å². The van der Waals surface area contributed by atoms with Crippen LogP contribution in [0.2, 0.25) is 0 Å². The predicted octanol–water partition coefficient (Wildman–Crippen LogP) is 3.62. The highest BCUT2D eigenvalue weighted by molar-refractivity contribution is 7.86. The van der Waals surface area contributed by atoms with E-state index in [9.17, 15) is 13.2 Å². The Morgan fingerprint density at radius 3 is 2.69 bits per heavy atom. The van der Waals surface area contributed by atoms with Gasteiger partial charge in [0.25, 0.3) is 5.91 Å². The van der Waals surface area contributed by atoms with Crippen LogP contribution in [0, 0.1) is 6.92 Å². The second-order valence-electron chi connectivity index (χ2n) is 6.29. The van der Waals surface area contributed by atoms with Gasteiger partial charge < -0.3 is 9.50 Å². The lowest BCUT2D eigenvalue weighted by atomic mass is 10.1. The molecule has 1 amide bonds. The first-order valence-electron chi connectivity index (χ1n) is 8.22. The van der Waals surface area contributed by atoms with Crippen molar-refractivity contribution in [3.05, 3.63) is 34.8 Å². The number of aromatic nitrogens is 1. The van der Waals surface area contributed by atoms with Crippen LogP contribution in [0.1, 0.15) is 35.6 Å². The second-order valence-corrected chi connectivity index (χ2v) is 8.92. The van der Waals surface area contributed by atoms with Gasteiger partial charge in [-0.15, -0.1) is 11.3 Å². The van der Waals surface area contributed by atoms with E-state index in [1.807, 2.05) is 45.0 Å². The molecule has 0 fully saturated rings. The van der Waals surface area contributed by atoms with Gasteiger partial charge in [0.2, 0.25) is 0 Å². The van der Waals surface area contributed by atoms with Gasteiger partial charge in [-0.25, -0.2) is 0 Å². The summed E-state index contributed by atoms with van der Waals surface area (Å²) < 4.78 is 29.7. The number of thiophene rings is 1. The molecule has 0 unspecified atom stereocenters. The van der Waals surface area contributed by atoms with Crippen LogP contribution in [0.25, 0.3) is 21.0 Å². The quantitative estimate of drug-likeness (QED) is 0.670. The zero-order valence-electron chi connectivity index (χ0n) is 15.0. The molecule has 6 nitrogen and oxygen atoms in total. The monoisotopic (exact) mass is 392 g/mol. The van der Waals surface area contributed by atoms with E-state index in [2.05, 4.69) is 10.3 Å². The third-order valence-corrected chi connectivity index (χ3v) is 5.65. The number of amides is 1. The van der Waals surface area contributed by atoms with Crippen LogP contribution in [0.5, 0.6) is 5.75 Å². The molecule has 0 bridgehead atoms. The van der Waals surface area contributed by atoms with E-state index >= 15 is 0 Å². The first-order chi connectivity index (χ1) is 12.2. The van der Waals surface area contributed by atoms with Crippen molar-refractivity contribution in [1.82, 2.24) is 10.3 Å². The van der Waals surface area contributed by atoms with Crippen molar-refractivity contribution in [3.8, 4) is 5.75 Å². The Balaban J connectivity index is 2.29. The smallest absolute Gasteiger partial charge is 0.306 e. The van der Waals surface area contributed by atoms with Crippen molar-refractivity contribution in [2.75, 3.05) is 6.26 Å². The molecule has 1 N–H and O–H groups in total. The van der Waals surface area contributed by atoms with E-state index in [1.165, 1.54) is 11.3 Å². The lowest BCUT2D eigenvalue weighted by molar-refractivity contribution is 0.0942. The molecule has 8 heteroatoms. The molecule has 2 heterocycles. The molecule has 26 heavy (non-hydrogen) atoms. The van der Waals surface area contributed by atoms with E-state index in [4.69, 9.17) is 4.18 Å². The van der Waals surface area contributed by atoms with Gasteiger partial charge >= 0.3 is 10.1 Å². The van der Waals surface area contributed by atoms with E-state index in [0.29, 0.717) is 5.39 Å². The number of hydrogen-bond acceptors (Lipinski definition) is 6. The van der Waals surface area contributed by atoms with Crippen LogP contribution >= 0.6 is 11.3 Å². The molecule has 0 saturated carbocycles. The second kappa shape index (κ2) is 6.85. The zero-order valence-corrected chi connectivity index (χ0v) is 16.6. The minimum atomic E-state index is -3.80. The first-order valence-corrected chi connectivity index (χ1v) is 10.9. The van der Waals surface area contributed by atoms with E-state index in [0.717, 1.165) is 34.0 Å². The summed E-state index contributed by atoms with van der Waals surface area (Å²) in [5.41, 5.74) is 1.58. The zero-order chi connectivity index (χ0) is 19.1. The largest absolute Gasteiger partial charge is 0.380 e. The number of hydrogen-bond donors (Lipinski definition) is 1. The van der Waals surface area contributed by atoms with E-state index in [1.54, 1.807) is 0 Å². The molecule has 0 aliphatic rings. The van der Waals surface area contributed by atoms with Crippen molar-refractivity contribution in [2.45, 2.75) is 33.2 Å². The van der Waals surface area contributed by atoms with Gasteiger partial charge in [0.1, 0.15) is 4.88 Å². The highest BCUT2D eigenvalue weighted by Crippen LogP contribution is 2.42. The van der Waals surface area contributed by atoms with Crippen molar-refractivity contribution >= 4 is 48.4 Å². The fourth-order valence-electron chi connectivity index (χ4n) is 2.65. The van der Waals surface area contributed by atoms with E-state index < -0.39 is 10.1 Å². The molecule has 1 atom stereocenters. The average molecular weight is 393 g/mol. The number of carbonyl (C=O) groups excluding carboxylic acids is 1. The summed E-state index contributed by atoms with van der Waals surface area (Å²) in [4.78, 5) is 17.4. The molecular formula is C18H20N2O4S2. The number of nitrogens with one attached hydrogen (secondary N) is 1. The van der Waals surface area contributed by atoms with Crippen LogP contribution in [0.15, 0.2) is 24.3 Å². The maximum atomic E-state index is 12.7. The summed E-state index contributed by atoms with van der Waals surface area (Å²) in [5, 5.41) is 4.22. The highest BCUT2D eigenvalue weighted by atomic mass is 32.2. The minimum Gasteiger partial charge on any atom is -0.380 e. The Morgan fingerprint density at radius 2 is 2.04 bits per heavy atom. The summed E-state index contributed by atoms with van der Waals surface area (Å²) >= 11 is 1.21. The highest BCUT2D eigenvalue weighted by Gasteiger charge is 2.25. The fraction of sp³-hybridized carbons (Fsp3) is 0.333. The minimum absolute atomic E-state index is 0.0279. The summed E-state index contributed by atoms with van der Waals surface area (Å²) in [6.45, 7) is 5.74. The van der Waals surface area contributed by atoms with Crippen molar-refractivity contribution < 1.29 is 17.4 Å². The molecule has 0 spiro atoms. The van der Waals surface area contributed by atoms with Gasteiger partial charge in [0.15, 0.2) is 5.75 Å². The third kappa shape index (κ3) is 3.66. The summed E-state index contributed by atoms with van der Waals surface area (Å²) in [6, 6.07) is 7.40. The normalized spacial score (nSPS) is 13.1. The summed E-state index contributed by atoms with van der Waals surface area (Å²) in [6.07, 6.45) is 1.74. The average Bonchev–Trinajstić information content (AvgIpc) is 2.91. The Kier molecular flexibility index (Phi) is 4.90. The predicted molar refractivity (Wildman–Crippen MR) is 105 cm³/mol. The van der Waals surface area contributed by atoms with Gasteiger partial charge in [-0.2, -0.15) is 8.42 Å². The van der Waals surface area contributed by atoms with Gasteiger partial charge in [-0.1, -0.05) is 13.0 Å². The van der Waals surface area contributed by atoms with Gasteiger partial charge in [-0.05, 0) is 38.5 Å². The van der Waals surface area contributed by atoms with Crippen LogP contribution in [-0.2, 0) is 10.1 Å². The molecule has 0 aliphatic carbocycles. The lowest BCUT2D eigenvalue weighted by Gasteiger charge is -2.11. The van der Waals surface area contributed by atoms with E-state index in [-0.39, 0.29) is 22.6 Å². The molecular weight excluding hydrogens is 372 g/mol. The van der Waals surface area contributed by atoms with Crippen molar-refractivity contribution in [3.63, 3.8) is 0 Å². The van der Waals surface area contributed by atoms with Crippen molar-refractivity contribution in [1.29, 1.82) is 0 Å². The van der Waals surface area contributed by atoms with Crippen LogP contribution in [0.4, 0.5) is 0 Å². The van der Waals surface area contributed by atoms with Crippen LogP contribution < -0.4 is 9.50 Å². The molecule has 0 aliphatic heterocycles. The number of aryl methyl sites for hydroxylation is 1. The number of fused-ring (bicyclic) bond motifs is 3. The molecule has 0 saturated heterocycles. The Labute approximate surface area is 156 Å². The molecule has 2 aromatic heterocycles. The summed E-state index contributed by atoms with van der Waals surface area (Å²) in [7, 11) is -3.80. The fourth-order valence-corrected chi connectivity index (χ4v) is 4.22. The van der Waals surface area contributed by atoms with Crippen molar-refractivity contribution in [2.24, 2.45) is 0 Å². The molecule has 3 aromatic rings. The van der Waals surface area contributed by atoms with Gasteiger partial charge in [-0.3, -0.25) is 9.78 Å². The standard InChI is InChI=1S/C18H20N2O4S2/c1-5-10(2)20-18(21)17-16(24-26(4,22)23)15-12-7-6-11(3)19-13(12)8-9-14(15)25-17/h6-10H,5H2,1-4H3,(H,20,21)/t10-/m0/s1. The lowest BCUT2D eigenvalue weighted by Crippen LogP contribution is -2.31. The Bertz CT molecular complexity index is 1100. The number of rotatable bonds is 5. The number of carbonyl (C=O) groups is 1. The Morgan fingerprint density at radius 1 is 1.31 bits per heavy atom. The number of benzene rings is 1. The topological polar surface area (TPSA) is 85.4 Å². The number of nitrogens with zero attached hydrogens (tertiary/aromatic N) is 1.